The fourth-order valence-corrected chi connectivity index (χ4v) is 5.55. The zero-order chi connectivity index (χ0) is 37.2. The lowest BCUT2D eigenvalue weighted by atomic mass is 10.1. The molecule has 2 atom stereocenters. The van der Waals surface area contributed by atoms with Crippen molar-refractivity contribution in [3.8, 4) is 0 Å². The van der Waals surface area contributed by atoms with Gasteiger partial charge in [-0.2, -0.15) is 0 Å². The number of nitrogens with zero attached hydrogens (tertiary/aromatic N) is 1. The average Bonchev–Trinajstić information content (AvgIpc) is 3.06. The molecule has 0 radical (unpaired) electrons. The van der Waals surface area contributed by atoms with Crippen LogP contribution >= 0.6 is 7.82 Å². The van der Waals surface area contributed by atoms with Crippen LogP contribution < -0.4 is 4.89 Å². The first kappa shape index (κ1) is 48.0. The molecule has 0 aromatic heterocycles. The molecule has 1 unspecified atom stereocenters. The number of hydrogen-bond donors (Lipinski definition) is 0. The van der Waals surface area contributed by atoms with Crippen LogP contribution in [0.5, 0.6) is 0 Å². The Labute approximate surface area is 305 Å². The summed E-state index contributed by atoms with van der Waals surface area (Å²) in [6, 6.07) is 0. The molecular formula is C40H72NO8P. The van der Waals surface area contributed by atoms with Crippen molar-refractivity contribution in [2.45, 2.75) is 148 Å². The molecule has 290 valence electrons. The van der Waals surface area contributed by atoms with Crippen LogP contribution in [0, 0.1) is 0 Å². The Balaban J connectivity index is 4.50. The first-order valence-electron chi connectivity index (χ1n) is 19.3. The predicted molar refractivity (Wildman–Crippen MR) is 203 cm³/mol. The van der Waals surface area contributed by atoms with E-state index in [0.717, 1.165) is 57.8 Å². The maximum absolute atomic E-state index is 12.6. The molecule has 0 aliphatic carbocycles. The summed E-state index contributed by atoms with van der Waals surface area (Å²) in [5.74, 6) is -0.888. The Morgan fingerprint density at radius 1 is 0.640 bits per heavy atom. The number of allylic oxidation sites excluding steroid dienone is 8. The van der Waals surface area contributed by atoms with Crippen LogP contribution in [0.1, 0.15) is 142 Å². The number of phosphoric ester groups is 1. The van der Waals surface area contributed by atoms with Gasteiger partial charge in [0, 0.05) is 12.8 Å². The molecule has 0 spiro atoms. The maximum Gasteiger partial charge on any atom is 0.306 e. The summed E-state index contributed by atoms with van der Waals surface area (Å²) >= 11 is 0. The van der Waals surface area contributed by atoms with Gasteiger partial charge in [-0.05, 0) is 51.4 Å². The molecule has 0 fully saturated rings. The van der Waals surface area contributed by atoms with Crippen LogP contribution in [-0.4, -0.2) is 70.0 Å². The molecule has 0 aliphatic heterocycles. The number of esters is 2. The second-order valence-electron chi connectivity index (χ2n) is 13.9. The highest BCUT2D eigenvalue weighted by molar-refractivity contribution is 7.45. The van der Waals surface area contributed by atoms with Crippen molar-refractivity contribution in [2.75, 3.05) is 47.5 Å². The Kier molecular flexibility index (Phi) is 31.5. The van der Waals surface area contributed by atoms with E-state index in [4.69, 9.17) is 18.5 Å². The number of quaternary nitrogens is 1. The van der Waals surface area contributed by atoms with Gasteiger partial charge in [0.2, 0.25) is 0 Å². The van der Waals surface area contributed by atoms with E-state index in [1.807, 2.05) is 21.1 Å². The summed E-state index contributed by atoms with van der Waals surface area (Å²) in [7, 11) is 1.14. The quantitative estimate of drug-likeness (QED) is 0.0212. The monoisotopic (exact) mass is 725 g/mol. The third-order valence-corrected chi connectivity index (χ3v) is 8.83. The van der Waals surface area contributed by atoms with Crippen molar-refractivity contribution < 1.29 is 42.1 Å². The van der Waals surface area contributed by atoms with Gasteiger partial charge in [0.1, 0.15) is 19.8 Å². The van der Waals surface area contributed by atoms with Crippen molar-refractivity contribution in [1.29, 1.82) is 0 Å². The number of phosphoric acid groups is 1. The zero-order valence-corrected chi connectivity index (χ0v) is 33.2. The van der Waals surface area contributed by atoms with Gasteiger partial charge < -0.3 is 27.9 Å². The fourth-order valence-electron chi connectivity index (χ4n) is 4.82. The number of rotatable bonds is 34. The standard InChI is InChI=1S/C40H72NO8P/c1-6-8-10-12-14-16-18-19-20-21-23-24-26-28-30-32-39(42)46-36-38(37-48-50(44,45)47-35-34-41(3,4)5)49-40(43)33-31-29-27-25-22-17-15-13-11-9-7-2/h8,10,14,16,19-20,23-24,38H,6-7,9,11-13,15,17-18,21-22,25-37H2,1-5H3/b10-8-,16-14-,20-19-,24-23-/t38-/m1/s1. The summed E-state index contributed by atoms with van der Waals surface area (Å²) in [4.78, 5) is 37.3. The third-order valence-electron chi connectivity index (χ3n) is 7.86. The van der Waals surface area contributed by atoms with E-state index in [9.17, 15) is 19.0 Å². The smallest absolute Gasteiger partial charge is 0.306 e. The van der Waals surface area contributed by atoms with Crippen LogP contribution in [0.25, 0.3) is 0 Å². The maximum atomic E-state index is 12.6. The second-order valence-corrected chi connectivity index (χ2v) is 15.3. The third kappa shape index (κ3) is 35.8. The Bertz CT molecular complexity index is 1000. The van der Waals surface area contributed by atoms with Crippen LogP contribution in [0.3, 0.4) is 0 Å². The van der Waals surface area contributed by atoms with E-state index in [0.29, 0.717) is 23.9 Å². The lowest BCUT2D eigenvalue weighted by Gasteiger charge is -2.28. The molecular weight excluding hydrogens is 653 g/mol. The minimum atomic E-state index is -4.63. The van der Waals surface area contributed by atoms with Crippen molar-refractivity contribution >= 4 is 19.8 Å². The van der Waals surface area contributed by atoms with Gasteiger partial charge >= 0.3 is 11.9 Å². The topological polar surface area (TPSA) is 111 Å². The lowest BCUT2D eigenvalue weighted by molar-refractivity contribution is -0.870. The van der Waals surface area contributed by atoms with E-state index >= 15 is 0 Å². The minimum Gasteiger partial charge on any atom is -0.756 e. The van der Waals surface area contributed by atoms with E-state index < -0.39 is 32.5 Å². The van der Waals surface area contributed by atoms with Gasteiger partial charge in [-0.1, -0.05) is 127 Å². The molecule has 0 aromatic rings. The van der Waals surface area contributed by atoms with Crippen molar-refractivity contribution in [3.05, 3.63) is 48.6 Å². The summed E-state index contributed by atoms with van der Waals surface area (Å²) in [5.41, 5.74) is 0. The second kappa shape index (κ2) is 32.8. The lowest BCUT2D eigenvalue weighted by Crippen LogP contribution is -2.37. The molecule has 0 aliphatic rings. The molecule has 0 bridgehead atoms. The van der Waals surface area contributed by atoms with Gasteiger partial charge in [0.25, 0.3) is 7.82 Å². The predicted octanol–water partition coefficient (Wildman–Crippen LogP) is 9.72. The Hall–Kier alpha value is -2.03. The molecule has 9 nitrogen and oxygen atoms in total. The molecule has 0 aromatic carbocycles. The first-order valence-corrected chi connectivity index (χ1v) is 20.8. The van der Waals surface area contributed by atoms with Gasteiger partial charge in [-0.3, -0.25) is 14.2 Å². The van der Waals surface area contributed by atoms with E-state index in [1.165, 1.54) is 44.9 Å². The zero-order valence-electron chi connectivity index (χ0n) is 32.3. The molecule has 0 heterocycles. The molecule has 50 heavy (non-hydrogen) atoms. The highest BCUT2D eigenvalue weighted by Crippen LogP contribution is 2.38. The number of carbonyl (C=O) groups is 2. The Morgan fingerprint density at radius 3 is 1.70 bits per heavy atom. The number of ether oxygens (including phenoxy) is 2. The van der Waals surface area contributed by atoms with Gasteiger partial charge in [-0.15, -0.1) is 0 Å². The average molecular weight is 726 g/mol. The van der Waals surface area contributed by atoms with E-state index in [1.54, 1.807) is 0 Å². The number of unbranched alkanes of at least 4 members (excludes halogenated alkanes) is 12. The summed E-state index contributed by atoms with van der Waals surface area (Å²) < 4.78 is 33.7. The minimum absolute atomic E-state index is 0.0382. The summed E-state index contributed by atoms with van der Waals surface area (Å²) in [6.07, 6.45) is 35.7. The van der Waals surface area contributed by atoms with Crippen LogP contribution in [0.2, 0.25) is 0 Å². The van der Waals surface area contributed by atoms with Crippen molar-refractivity contribution in [3.63, 3.8) is 0 Å². The molecule has 0 amide bonds. The highest BCUT2D eigenvalue weighted by atomic mass is 31.2. The largest absolute Gasteiger partial charge is 0.756 e. The highest BCUT2D eigenvalue weighted by Gasteiger charge is 2.21. The number of likely N-dealkylation sites (N-methyl/N-ethyl adjacent to an activating group) is 1. The van der Waals surface area contributed by atoms with Crippen molar-refractivity contribution in [1.82, 2.24) is 0 Å². The number of hydrogen-bond acceptors (Lipinski definition) is 8. The Morgan fingerprint density at radius 2 is 1.14 bits per heavy atom. The van der Waals surface area contributed by atoms with Crippen LogP contribution in [0.4, 0.5) is 0 Å². The van der Waals surface area contributed by atoms with Gasteiger partial charge in [0.15, 0.2) is 6.10 Å². The van der Waals surface area contributed by atoms with Gasteiger partial charge in [-0.25, -0.2) is 0 Å². The fraction of sp³-hybridized carbons (Fsp3) is 0.750. The van der Waals surface area contributed by atoms with E-state index in [2.05, 4.69) is 62.5 Å². The first-order chi connectivity index (χ1) is 24.0. The van der Waals surface area contributed by atoms with Crippen LogP contribution in [-0.2, 0) is 32.7 Å². The molecule has 0 rings (SSSR count). The molecule has 0 N–H and O–H groups in total. The number of carbonyl (C=O) groups excluding carboxylic acids is 2. The SMILES string of the molecule is CC/C=C\C/C=C\C/C=C\C/C=C\CCCCC(=O)OC[C@H](COP(=O)([O-])OCC[N+](C)(C)C)OC(=O)CCCCCCCCCCCCC. The van der Waals surface area contributed by atoms with Crippen LogP contribution in [0.15, 0.2) is 48.6 Å². The van der Waals surface area contributed by atoms with Gasteiger partial charge in [0.05, 0.1) is 27.7 Å². The molecule has 10 heteroatoms. The molecule has 0 saturated carbocycles. The van der Waals surface area contributed by atoms with Crippen molar-refractivity contribution in [2.24, 2.45) is 0 Å². The normalized spacial score (nSPS) is 14.3. The summed E-state index contributed by atoms with van der Waals surface area (Å²) in [6.45, 7) is 4.03. The van der Waals surface area contributed by atoms with E-state index in [-0.39, 0.29) is 26.1 Å². The molecule has 0 saturated heterocycles. The summed E-state index contributed by atoms with van der Waals surface area (Å²) in [5, 5.41) is 0.